The van der Waals surface area contributed by atoms with Gasteiger partial charge in [0.15, 0.2) is 0 Å². The average Bonchev–Trinajstić information content (AvgIpc) is 2.71. The number of aryl methyl sites for hydroxylation is 3. The van der Waals surface area contributed by atoms with Crippen LogP contribution in [-0.4, -0.2) is 19.5 Å². The van der Waals surface area contributed by atoms with Crippen LogP contribution in [0.5, 0.6) is 11.5 Å². The molecule has 192 valence electrons. The maximum absolute atomic E-state index is 9.57. The van der Waals surface area contributed by atoms with Crippen LogP contribution in [0.3, 0.4) is 0 Å². The Morgan fingerprint density at radius 1 is 0.714 bits per heavy atom. The summed E-state index contributed by atoms with van der Waals surface area (Å²) in [5, 5.41) is 19.1. The minimum Gasteiger partial charge on any atom is -0.147 e. The first-order valence-corrected chi connectivity index (χ1v) is 12.1. The van der Waals surface area contributed by atoms with E-state index in [-0.39, 0.29) is 35.6 Å². The van der Waals surface area contributed by atoms with Gasteiger partial charge in [-0.1, -0.05) is 76.9 Å². The summed E-state index contributed by atoms with van der Waals surface area (Å²) in [6.45, 7) is 18.7. The van der Waals surface area contributed by atoms with Crippen LogP contribution >= 0.6 is 24.8 Å². The number of benzene rings is 2. The number of halogens is 2. The fourth-order valence-corrected chi connectivity index (χ4v) is 3.63. The van der Waals surface area contributed by atoms with Gasteiger partial charge in [-0.15, -0.1) is 24.8 Å². The number of nitrogens with zero attached hydrogens (tertiary/aromatic N) is 1. The summed E-state index contributed by atoms with van der Waals surface area (Å²) >= 11 is 2.02. The van der Waals surface area contributed by atoms with Gasteiger partial charge in [-0.3, -0.25) is 0 Å². The molecule has 0 saturated carbocycles. The quantitative estimate of drug-likeness (QED) is 0.301. The summed E-state index contributed by atoms with van der Waals surface area (Å²) in [5.74, 6) is 0.793. The summed E-state index contributed by atoms with van der Waals surface area (Å²) < 4.78 is 2.06. The first kappa shape index (κ1) is 35.5. The number of phenols is 2. The molecule has 2 N–H and O–H groups in total. The molecular weight excluding hydrogens is 513 g/mol. The van der Waals surface area contributed by atoms with Gasteiger partial charge in [0.05, 0.1) is 0 Å². The van der Waals surface area contributed by atoms with Gasteiger partial charge < -0.3 is 10.2 Å². The SMILES string of the molecule is Cc1ccc(O)c(C(C)(C)C)c1.Cc1ccc(O)c(C(C)(C)C)c1.Cc1ncccc1[CH]=[Ti].Cl.Cl. The number of hydrogen-bond acceptors (Lipinski definition) is 3. The molecule has 1 heterocycles. The Morgan fingerprint density at radius 2 is 1.11 bits per heavy atom. The van der Waals surface area contributed by atoms with Gasteiger partial charge >= 0.3 is 65.8 Å². The van der Waals surface area contributed by atoms with E-state index in [4.69, 9.17) is 0 Å². The predicted molar refractivity (Wildman–Crippen MR) is 152 cm³/mol. The van der Waals surface area contributed by atoms with Crippen LogP contribution in [0, 0.1) is 20.8 Å². The Morgan fingerprint density at radius 3 is 1.37 bits per heavy atom. The summed E-state index contributed by atoms with van der Waals surface area (Å²) in [5.41, 5.74) is 6.78. The van der Waals surface area contributed by atoms with Crippen molar-refractivity contribution in [1.82, 2.24) is 4.98 Å². The van der Waals surface area contributed by atoms with Gasteiger partial charge in [0.25, 0.3) is 0 Å². The molecule has 0 bridgehead atoms. The summed E-state index contributed by atoms with van der Waals surface area (Å²) in [7, 11) is 0. The Kier molecular flexibility index (Phi) is 15.7. The molecule has 3 nitrogen and oxygen atoms in total. The second-order valence-corrected chi connectivity index (χ2v) is 10.8. The predicted octanol–water partition coefficient (Wildman–Crippen LogP) is 7.93. The Hall–Kier alpha value is -1.65. The van der Waals surface area contributed by atoms with E-state index in [1.54, 1.807) is 12.1 Å². The van der Waals surface area contributed by atoms with Crippen molar-refractivity contribution in [2.75, 3.05) is 0 Å². The van der Waals surface area contributed by atoms with Crippen molar-refractivity contribution in [3.05, 3.63) is 88.2 Å². The van der Waals surface area contributed by atoms with E-state index < -0.39 is 0 Å². The average molecular weight is 554 g/mol. The van der Waals surface area contributed by atoms with Crippen LogP contribution in [0.15, 0.2) is 54.7 Å². The number of rotatable bonds is 1. The van der Waals surface area contributed by atoms with Gasteiger partial charge in [-0.2, -0.15) is 0 Å². The fourth-order valence-electron chi connectivity index (χ4n) is 3.15. The standard InChI is InChI=1S/2C11H16O.C7H7N.2ClH.Ti/c2*1-8-5-6-10(12)9(7-8)11(2,3)4;1-6-4-3-5-8-7(6)2;;;/h2*5-7,12H,1-4H3;1,3-5H,2H3;2*1H;. The van der Waals surface area contributed by atoms with Gasteiger partial charge in [0, 0.05) is 0 Å². The normalized spacial score (nSPS) is 10.3. The van der Waals surface area contributed by atoms with E-state index in [9.17, 15) is 10.2 Å². The van der Waals surface area contributed by atoms with E-state index in [0.717, 1.165) is 16.8 Å². The first-order valence-electron chi connectivity index (χ1n) is 11.2. The number of hydrogen-bond donors (Lipinski definition) is 2. The maximum Gasteiger partial charge on any atom is -0.147 e. The molecule has 35 heavy (non-hydrogen) atoms. The molecule has 1 aromatic heterocycles. The minimum atomic E-state index is 0. The molecule has 0 aliphatic carbocycles. The molecule has 0 unspecified atom stereocenters. The second kappa shape index (κ2) is 15.5. The maximum atomic E-state index is 9.57. The molecule has 0 aliphatic rings. The summed E-state index contributed by atoms with van der Waals surface area (Å²) in [4.78, 5) is 4.12. The van der Waals surface area contributed by atoms with Crippen LogP contribution < -0.4 is 0 Å². The number of phenolic OH excluding ortho intramolecular Hbond substituents is 2. The number of pyridine rings is 1. The van der Waals surface area contributed by atoms with Crippen molar-refractivity contribution in [3.63, 3.8) is 0 Å². The Balaban J connectivity index is 0. The van der Waals surface area contributed by atoms with Gasteiger partial charge in [-0.05, 0) is 47.9 Å². The van der Waals surface area contributed by atoms with Crippen molar-refractivity contribution in [1.29, 1.82) is 0 Å². The third-order valence-electron chi connectivity index (χ3n) is 5.12. The molecule has 2 aromatic carbocycles. The van der Waals surface area contributed by atoms with Crippen LogP contribution in [0.25, 0.3) is 0 Å². The van der Waals surface area contributed by atoms with E-state index in [1.807, 2.05) is 77.3 Å². The molecule has 0 radical (unpaired) electrons. The topological polar surface area (TPSA) is 53.4 Å². The molecule has 0 atom stereocenters. The number of aromatic nitrogens is 1. The van der Waals surface area contributed by atoms with Gasteiger partial charge in [-0.25, -0.2) is 0 Å². The first-order chi connectivity index (χ1) is 15.2. The zero-order chi connectivity index (χ0) is 25.4. The van der Waals surface area contributed by atoms with E-state index in [0.29, 0.717) is 11.5 Å². The molecule has 3 aromatic rings. The minimum absolute atomic E-state index is 0. The van der Waals surface area contributed by atoms with Gasteiger partial charge in [0.1, 0.15) is 11.5 Å². The Labute approximate surface area is 236 Å². The molecule has 3 rings (SSSR count). The smallest absolute Gasteiger partial charge is 0.147 e. The zero-order valence-electron chi connectivity index (χ0n) is 22.4. The third-order valence-corrected chi connectivity index (χ3v) is 5.61. The van der Waals surface area contributed by atoms with E-state index in [1.165, 1.54) is 16.7 Å². The third kappa shape index (κ3) is 12.2. The van der Waals surface area contributed by atoms with E-state index >= 15 is 0 Å². The summed E-state index contributed by atoms with van der Waals surface area (Å²) in [6.07, 6.45) is 1.81. The van der Waals surface area contributed by atoms with Crippen molar-refractivity contribution in [3.8, 4) is 11.5 Å². The molecule has 6 heteroatoms. The van der Waals surface area contributed by atoms with Crippen LogP contribution in [0.4, 0.5) is 0 Å². The second-order valence-electron chi connectivity index (χ2n) is 10.4. The molecule has 0 fully saturated rings. The number of aromatic hydroxyl groups is 2. The zero-order valence-corrected chi connectivity index (χ0v) is 25.6. The van der Waals surface area contributed by atoms with Crippen LogP contribution in [-0.2, 0) is 30.8 Å². The molecule has 0 spiro atoms. The van der Waals surface area contributed by atoms with Crippen LogP contribution in [0.2, 0.25) is 0 Å². The Bertz CT molecular complexity index is 1010. The van der Waals surface area contributed by atoms with Crippen LogP contribution in [0.1, 0.15) is 75.1 Å². The summed E-state index contributed by atoms with van der Waals surface area (Å²) in [6, 6.07) is 15.4. The fraction of sp³-hybridized carbons (Fsp3) is 0.379. The van der Waals surface area contributed by atoms with E-state index in [2.05, 4.69) is 56.9 Å². The molecule has 0 amide bonds. The molecule has 0 saturated heterocycles. The van der Waals surface area contributed by atoms with Crippen molar-refractivity contribution in [2.45, 2.75) is 73.1 Å². The largest absolute Gasteiger partial charge is 0.147 e. The molecular formula is C29H41Cl2NO2Ti. The molecule has 0 aliphatic heterocycles. The van der Waals surface area contributed by atoms with Crippen molar-refractivity contribution >= 4 is 29.1 Å². The van der Waals surface area contributed by atoms with Gasteiger partial charge in [0.2, 0.25) is 0 Å². The van der Waals surface area contributed by atoms with Crippen molar-refractivity contribution < 1.29 is 30.2 Å². The van der Waals surface area contributed by atoms with Crippen molar-refractivity contribution in [2.24, 2.45) is 0 Å². The monoisotopic (exact) mass is 553 g/mol.